The Hall–Kier alpha value is -2.20. The van der Waals surface area contributed by atoms with Crippen LogP contribution in [0.5, 0.6) is 0 Å². The Labute approximate surface area is 143 Å². The monoisotopic (exact) mass is 327 g/mol. The van der Waals surface area contributed by atoms with Crippen molar-refractivity contribution in [2.24, 2.45) is 0 Å². The summed E-state index contributed by atoms with van der Waals surface area (Å²) in [7, 11) is 0. The first-order valence-electron chi connectivity index (χ1n) is 8.34. The quantitative estimate of drug-likeness (QED) is 0.640. The van der Waals surface area contributed by atoms with Crippen LogP contribution in [0.25, 0.3) is 0 Å². The maximum atomic E-state index is 12.8. The number of nitrogens with one attached hydrogen (secondary N) is 1. The van der Waals surface area contributed by atoms with Gasteiger partial charge < -0.3 is 10.1 Å². The Kier molecular flexibility index (Phi) is 5.73. The highest BCUT2D eigenvalue weighted by Gasteiger charge is 2.39. The van der Waals surface area contributed by atoms with E-state index in [1.165, 1.54) is 12.2 Å². The Bertz CT molecular complexity index is 679. The molecule has 128 valence electrons. The lowest BCUT2D eigenvalue weighted by atomic mass is 9.89. The first-order valence-corrected chi connectivity index (χ1v) is 8.34. The van der Waals surface area contributed by atoms with Gasteiger partial charge >= 0.3 is 0 Å². The van der Waals surface area contributed by atoms with Crippen molar-refractivity contribution >= 4 is 11.7 Å². The van der Waals surface area contributed by atoms with E-state index in [2.05, 4.69) is 12.2 Å². The lowest BCUT2D eigenvalue weighted by Crippen LogP contribution is -2.54. The van der Waals surface area contributed by atoms with E-state index in [1.807, 2.05) is 39.0 Å². The average molecular weight is 327 g/mol. The molecule has 4 heteroatoms. The summed E-state index contributed by atoms with van der Waals surface area (Å²) in [6, 6.07) is 7.42. The van der Waals surface area contributed by atoms with Crippen molar-refractivity contribution in [2.75, 3.05) is 6.61 Å². The number of amides is 1. The van der Waals surface area contributed by atoms with Gasteiger partial charge in [0.25, 0.3) is 5.91 Å². The molecule has 0 aliphatic heterocycles. The summed E-state index contributed by atoms with van der Waals surface area (Å²) >= 11 is 0. The Morgan fingerprint density at radius 3 is 2.33 bits per heavy atom. The van der Waals surface area contributed by atoms with E-state index in [0.29, 0.717) is 23.3 Å². The molecule has 0 unspecified atom stereocenters. The fourth-order valence-electron chi connectivity index (χ4n) is 2.87. The van der Waals surface area contributed by atoms with E-state index in [9.17, 15) is 9.59 Å². The zero-order valence-corrected chi connectivity index (χ0v) is 14.8. The second kappa shape index (κ2) is 7.58. The number of rotatable bonds is 6. The van der Waals surface area contributed by atoms with Gasteiger partial charge in [-0.05, 0) is 62.1 Å². The van der Waals surface area contributed by atoms with Crippen LogP contribution in [0.4, 0.5) is 0 Å². The average Bonchev–Trinajstić information content (AvgIpc) is 2.52. The highest BCUT2D eigenvalue weighted by atomic mass is 16.5. The van der Waals surface area contributed by atoms with Crippen LogP contribution in [0.2, 0.25) is 0 Å². The van der Waals surface area contributed by atoms with Gasteiger partial charge in [0.1, 0.15) is 0 Å². The van der Waals surface area contributed by atoms with E-state index in [4.69, 9.17) is 4.74 Å². The summed E-state index contributed by atoms with van der Waals surface area (Å²) in [4.78, 5) is 24.6. The summed E-state index contributed by atoms with van der Waals surface area (Å²) in [6.07, 6.45) is 4.93. The maximum Gasteiger partial charge on any atom is 0.254 e. The number of hydrogen-bond donors (Lipinski definition) is 1. The third kappa shape index (κ3) is 3.65. The minimum absolute atomic E-state index is 0.0788. The van der Waals surface area contributed by atoms with Crippen molar-refractivity contribution in [3.63, 3.8) is 0 Å². The number of carbonyl (C=O) groups is 2. The van der Waals surface area contributed by atoms with E-state index in [-0.39, 0.29) is 11.7 Å². The molecule has 1 aromatic rings. The lowest BCUT2D eigenvalue weighted by Gasteiger charge is -2.38. The number of ether oxygens (including phenoxy) is 1. The summed E-state index contributed by atoms with van der Waals surface area (Å²) in [5, 5.41) is 3.02. The van der Waals surface area contributed by atoms with Crippen molar-refractivity contribution in [1.82, 2.24) is 5.32 Å². The number of unbranched alkanes of at least 4 members (excludes halogenated alkanes) is 1. The topological polar surface area (TPSA) is 55.4 Å². The molecular formula is C20H25NO3. The van der Waals surface area contributed by atoms with Crippen LogP contribution in [0.15, 0.2) is 47.6 Å². The van der Waals surface area contributed by atoms with Crippen molar-refractivity contribution in [1.29, 1.82) is 0 Å². The highest BCUT2D eigenvalue weighted by Crippen LogP contribution is 2.31. The number of aryl methyl sites for hydroxylation is 1. The van der Waals surface area contributed by atoms with Gasteiger partial charge in [0, 0.05) is 5.56 Å². The predicted molar refractivity (Wildman–Crippen MR) is 94.8 cm³/mol. The van der Waals surface area contributed by atoms with Gasteiger partial charge in [0.05, 0.1) is 6.61 Å². The summed E-state index contributed by atoms with van der Waals surface area (Å²) < 4.78 is 6.10. The minimum atomic E-state index is -1.05. The van der Waals surface area contributed by atoms with Gasteiger partial charge in [-0.1, -0.05) is 31.5 Å². The second-order valence-corrected chi connectivity index (χ2v) is 6.21. The summed E-state index contributed by atoms with van der Waals surface area (Å²) in [5.74, 6) is -0.288. The fourth-order valence-corrected chi connectivity index (χ4v) is 2.87. The lowest BCUT2D eigenvalue weighted by molar-refractivity contribution is -0.111. The molecule has 1 aliphatic carbocycles. The Morgan fingerprint density at radius 1 is 1.12 bits per heavy atom. The standard InChI is InChI=1S/C20H25NO3/c1-5-6-11-24-20(15(3)12-17(22)13-16(20)4)21-19(23)18-10-8-7-9-14(18)2/h7-10,12-13H,5-6,11H2,1-4H3,(H,21,23). The zero-order valence-electron chi connectivity index (χ0n) is 14.8. The molecule has 0 saturated heterocycles. The van der Waals surface area contributed by atoms with E-state index in [1.54, 1.807) is 6.07 Å². The van der Waals surface area contributed by atoms with Crippen molar-refractivity contribution in [3.8, 4) is 0 Å². The molecule has 0 saturated carbocycles. The van der Waals surface area contributed by atoms with Crippen LogP contribution in [0.3, 0.4) is 0 Å². The van der Waals surface area contributed by atoms with Crippen molar-refractivity contribution in [2.45, 2.75) is 46.3 Å². The molecule has 0 bridgehead atoms. The molecule has 2 rings (SSSR count). The molecule has 0 fully saturated rings. The highest BCUT2D eigenvalue weighted by molar-refractivity contribution is 6.03. The molecular weight excluding hydrogens is 302 g/mol. The number of allylic oxidation sites excluding steroid dienone is 2. The number of ketones is 1. The molecule has 0 spiro atoms. The molecule has 0 aromatic heterocycles. The van der Waals surface area contributed by atoms with Crippen LogP contribution in [0, 0.1) is 6.92 Å². The fraction of sp³-hybridized carbons (Fsp3) is 0.400. The van der Waals surface area contributed by atoms with Crippen LogP contribution >= 0.6 is 0 Å². The van der Waals surface area contributed by atoms with Crippen LogP contribution < -0.4 is 5.32 Å². The maximum absolute atomic E-state index is 12.8. The molecule has 1 N–H and O–H groups in total. The summed E-state index contributed by atoms with van der Waals surface area (Å²) in [6.45, 7) is 8.12. The normalized spacial score (nSPS) is 16.4. The van der Waals surface area contributed by atoms with Crippen molar-refractivity contribution in [3.05, 3.63) is 58.7 Å². The van der Waals surface area contributed by atoms with Gasteiger partial charge in [-0.2, -0.15) is 0 Å². The van der Waals surface area contributed by atoms with Crippen LogP contribution in [-0.4, -0.2) is 24.0 Å². The zero-order chi connectivity index (χ0) is 17.7. The van der Waals surface area contributed by atoms with Gasteiger partial charge in [-0.3, -0.25) is 9.59 Å². The summed E-state index contributed by atoms with van der Waals surface area (Å²) in [5.41, 5.74) is 1.85. The number of carbonyl (C=O) groups excluding carboxylic acids is 2. The molecule has 1 aliphatic rings. The molecule has 0 radical (unpaired) electrons. The van der Waals surface area contributed by atoms with Crippen LogP contribution in [0.1, 0.15) is 49.5 Å². The molecule has 4 nitrogen and oxygen atoms in total. The molecule has 0 heterocycles. The molecule has 1 amide bonds. The SMILES string of the molecule is CCCCOC1(NC(=O)c2ccccc2C)C(C)=CC(=O)C=C1C. The molecule has 0 atom stereocenters. The van der Waals surface area contributed by atoms with Gasteiger partial charge in [-0.25, -0.2) is 0 Å². The first-order chi connectivity index (χ1) is 11.4. The Morgan fingerprint density at radius 2 is 1.75 bits per heavy atom. The number of benzene rings is 1. The smallest absolute Gasteiger partial charge is 0.254 e. The third-order valence-electron chi connectivity index (χ3n) is 4.32. The van der Waals surface area contributed by atoms with Crippen molar-refractivity contribution < 1.29 is 14.3 Å². The minimum Gasteiger partial charge on any atom is -0.348 e. The van der Waals surface area contributed by atoms with Crippen LogP contribution in [-0.2, 0) is 9.53 Å². The third-order valence-corrected chi connectivity index (χ3v) is 4.32. The van der Waals surface area contributed by atoms with E-state index < -0.39 is 5.72 Å². The van der Waals surface area contributed by atoms with Gasteiger partial charge in [-0.15, -0.1) is 0 Å². The predicted octanol–water partition coefficient (Wildman–Crippen LogP) is 3.71. The van der Waals surface area contributed by atoms with Gasteiger partial charge in [0.2, 0.25) is 0 Å². The molecule has 1 aromatic carbocycles. The van der Waals surface area contributed by atoms with E-state index in [0.717, 1.165) is 18.4 Å². The van der Waals surface area contributed by atoms with E-state index >= 15 is 0 Å². The second-order valence-electron chi connectivity index (χ2n) is 6.21. The molecule has 24 heavy (non-hydrogen) atoms. The first kappa shape index (κ1) is 18.1. The van der Waals surface area contributed by atoms with Gasteiger partial charge in [0.15, 0.2) is 11.5 Å². The largest absolute Gasteiger partial charge is 0.348 e. The number of hydrogen-bond acceptors (Lipinski definition) is 3. The Balaban J connectivity index is 2.35.